The lowest BCUT2D eigenvalue weighted by molar-refractivity contribution is -0.274. The zero-order valence-corrected chi connectivity index (χ0v) is 14.0. The van der Waals surface area contributed by atoms with Gasteiger partial charge in [0.2, 0.25) is 0 Å². The number of aliphatic hydroxyl groups is 1. The largest absolute Gasteiger partial charge is 0.573 e. The molecule has 8 heteroatoms. The number of ether oxygens (including phenoxy) is 1. The Hall–Kier alpha value is -0.440. The zero-order valence-electron chi connectivity index (χ0n) is 11.6. The van der Waals surface area contributed by atoms with Crippen LogP contribution in [0.4, 0.5) is 13.2 Å². The molecule has 0 aliphatic heterocycles. The van der Waals surface area contributed by atoms with E-state index in [0.29, 0.717) is 18.8 Å². The average Bonchev–Trinajstić information content (AvgIpc) is 2.30. The van der Waals surface area contributed by atoms with Crippen LogP contribution in [0, 0.1) is 0 Å². The number of halogens is 4. The average molecular weight is 388 g/mol. The van der Waals surface area contributed by atoms with Crippen LogP contribution in [0.2, 0.25) is 0 Å². The second-order valence-corrected chi connectivity index (χ2v) is 6.57. The first-order valence-electron chi connectivity index (χ1n) is 6.09. The van der Waals surface area contributed by atoms with Gasteiger partial charge < -0.3 is 15.2 Å². The summed E-state index contributed by atoms with van der Waals surface area (Å²) in [6.07, 6.45) is -2.80. The van der Waals surface area contributed by atoms with Crippen molar-refractivity contribution in [2.24, 2.45) is 0 Å². The summed E-state index contributed by atoms with van der Waals surface area (Å²) in [5.74, 6) is 0.322. The van der Waals surface area contributed by atoms with Gasteiger partial charge in [0.05, 0.1) is 10.1 Å². The quantitative estimate of drug-likeness (QED) is 0.750. The van der Waals surface area contributed by atoms with E-state index < -0.39 is 12.0 Å². The third-order valence-electron chi connectivity index (χ3n) is 2.51. The van der Waals surface area contributed by atoms with E-state index in [4.69, 9.17) is 0 Å². The lowest BCUT2D eigenvalue weighted by Crippen LogP contribution is -2.39. The van der Waals surface area contributed by atoms with Gasteiger partial charge in [-0.15, -0.1) is 13.2 Å². The van der Waals surface area contributed by atoms with Crippen molar-refractivity contribution in [3.63, 3.8) is 0 Å². The topological polar surface area (TPSA) is 41.5 Å². The minimum atomic E-state index is -4.71. The summed E-state index contributed by atoms with van der Waals surface area (Å²) in [6.45, 7) is 2.56. The van der Waals surface area contributed by atoms with Gasteiger partial charge in [-0.2, -0.15) is 11.8 Å². The van der Waals surface area contributed by atoms with Crippen molar-refractivity contribution in [3.8, 4) is 5.75 Å². The highest BCUT2D eigenvalue weighted by atomic mass is 79.9. The molecule has 0 bridgehead atoms. The Labute approximate surface area is 134 Å². The van der Waals surface area contributed by atoms with Crippen LogP contribution in [0.25, 0.3) is 0 Å². The van der Waals surface area contributed by atoms with Crippen molar-refractivity contribution < 1.29 is 23.0 Å². The van der Waals surface area contributed by atoms with Gasteiger partial charge in [0, 0.05) is 18.8 Å². The van der Waals surface area contributed by atoms with Crippen molar-refractivity contribution >= 4 is 27.7 Å². The first kappa shape index (κ1) is 18.6. The van der Waals surface area contributed by atoms with Crippen molar-refractivity contribution in [2.45, 2.75) is 25.4 Å². The molecule has 0 saturated carbocycles. The maximum atomic E-state index is 12.1. The number of nitrogens with one attached hydrogen (secondary N) is 1. The summed E-state index contributed by atoms with van der Waals surface area (Å²) in [6, 6.07) is 4.36. The van der Waals surface area contributed by atoms with Crippen molar-refractivity contribution in [1.29, 1.82) is 0 Å². The van der Waals surface area contributed by atoms with Gasteiger partial charge >= 0.3 is 6.36 Å². The molecule has 2 N–H and O–H groups in total. The molecule has 3 nitrogen and oxygen atoms in total. The van der Waals surface area contributed by atoms with Gasteiger partial charge in [-0.05, 0) is 46.8 Å². The van der Waals surface area contributed by atoms with Gasteiger partial charge in [0.25, 0.3) is 0 Å². The summed E-state index contributed by atoms with van der Waals surface area (Å²) in [7, 11) is 0. The molecule has 120 valence electrons. The Morgan fingerprint density at radius 1 is 1.38 bits per heavy atom. The summed E-state index contributed by atoms with van der Waals surface area (Å²) < 4.78 is 40.5. The van der Waals surface area contributed by atoms with Gasteiger partial charge in [-0.3, -0.25) is 0 Å². The SMILES string of the molecule is CSCC(C)(O)CNCc1ccc(OC(F)(F)F)c(Br)c1. The van der Waals surface area contributed by atoms with Crippen molar-refractivity contribution in [3.05, 3.63) is 28.2 Å². The number of alkyl halides is 3. The van der Waals surface area contributed by atoms with Gasteiger partial charge in [0.1, 0.15) is 5.75 Å². The van der Waals surface area contributed by atoms with Crippen LogP contribution in [0.3, 0.4) is 0 Å². The van der Waals surface area contributed by atoms with E-state index >= 15 is 0 Å². The number of thioether (sulfide) groups is 1. The minimum absolute atomic E-state index is 0.231. The minimum Gasteiger partial charge on any atom is -0.405 e. The van der Waals surface area contributed by atoms with E-state index in [1.807, 2.05) is 6.26 Å². The lowest BCUT2D eigenvalue weighted by Gasteiger charge is -2.22. The first-order valence-corrected chi connectivity index (χ1v) is 8.28. The number of hydrogen-bond donors (Lipinski definition) is 2. The Morgan fingerprint density at radius 2 is 2.05 bits per heavy atom. The van der Waals surface area contributed by atoms with Crippen LogP contribution in [0.1, 0.15) is 12.5 Å². The second-order valence-electron chi connectivity index (χ2n) is 4.85. The number of benzene rings is 1. The molecule has 1 unspecified atom stereocenters. The monoisotopic (exact) mass is 387 g/mol. The third-order valence-corrected chi connectivity index (χ3v) is 4.04. The summed E-state index contributed by atoms with van der Waals surface area (Å²) >= 11 is 4.59. The van der Waals surface area contributed by atoms with E-state index in [2.05, 4.69) is 26.0 Å². The van der Waals surface area contributed by atoms with Crippen molar-refractivity contribution in [2.75, 3.05) is 18.6 Å². The molecule has 0 radical (unpaired) electrons. The van der Waals surface area contributed by atoms with Gasteiger partial charge in [-0.1, -0.05) is 6.07 Å². The van der Waals surface area contributed by atoms with E-state index in [-0.39, 0.29) is 10.2 Å². The fourth-order valence-corrected chi connectivity index (χ4v) is 2.93. The van der Waals surface area contributed by atoms with E-state index in [0.717, 1.165) is 5.56 Å². The van der Waals surface area contributed by atoms with Crippen LogP contribution in [0.5, 0.6) is 5.75 Å². The first-order chi connectivity index (χ1) is 9.63. The van der Waals surface area contributed by atoms with E-state index in [1.54, 1.807) is 30.8 Å². The van der Waals surface area contributed by atoms with Gasteiger partial charge in [-0.25, -0.2) is 0 Å². The molecule has 0 fully saturated rings. The summed E-state index contributed by atoms with van der Waals surface area (Å²) in [5, 5.41) is 13.1. The molecule has 0 heterocycles. The van der Waals surface area contributed by atoms with Crippen LogP contribution in [-0.2, 0) is 6.54 Å². The van der Waals surface area contributed by atoms with E-state index in [9.17, 15) is 18.3 Å². The Morgan fingerprint density at radius 3 is 2.57 bits per heavy atom. The molecule has 1 rings (SSSR count). The fourth-order valence-electron chi connectivity index (χ4n) is 1.70. The molecule has 1 atom stereocenters. The predicted molar refractivity (Wildman–Crippen MR) is 81.5 cm³/mol. The molecule has 0 spiro atoms. The van der Waals surface area contributed by atoms with E-state index in [1.165, 1.54) is 6.07 Å². The van der Waals surface area contributed by atoms with Crippen LogP contribution in [0.15, 0.2) is 22.7 Å². The molecule has 21 heavy (non-hydrogen) atoms. The molecule has 0 saturated heterocycles. The maximum absolute atomic E-state index is 12.1. The standard InChI is InChI=1S/C13H17BrF3NO2S/c1-12(19,8-21-2)7-18-6-9-3-4-11(10(14)5-9)20-13(15,16)17/h3-5,18-19H,6-8H2,1-2H3. The second kappa shape index (κ2) is 7.71. The molecule has 1 aromatic carbocycles. The molecule has 0 aromatic heterocycles. The van der Waals surface area contributed by atoms with Crippen molar-refractivity contribution in [1.82, 2.24) is 5.32 Å². The molecular weight excluding hydrogens is 371 g/mol. The Balaban J connectivity index is 2.56. The van der Waals surface area contributed by atoms with Crippen LogP contribution < -0.4 is 10.1 Å². The Bertz CT molecular complexity index is 469. The molecule has 1 aromatic rings. The summed E-state index contributed by atoms with van der Waals surface area (Å²) in [4.78, 5) is 0. The molecule has 0 amide bonds. The smallest absolute Gasteiger partial charge is 0.405 e. The summed E-state index contributed by atoms with van der Waals surface area (Å²) in [5.41, 5.74) is -0.0351. The third kappa shape index (κ3) is 7.39. The lowest BCUT2D eigenvalue weighted by atomic mass is 10.1. The van der Waals surface area contributed by atoms with Crippen LogP contribution >= 0.6 is 27.7 Å². The predicted octanol–water partition coefficient (Wildman–Crippen LogP) is 3.55. The normalized spacial score (nSPS) is 14.8. The van der Waals surface area contributed by atoms with Gasteiger partial charge in [0.15, 0.2) is 0 Å². The highest BCUT2D eigenvalue weighted by Gasteiger charge is 2.31. The maximum Gasteiger partial charge on any atom is 0.573 e. The highest BCUT2D eigenvalue weighted by Crippen LogP contribution is 2.31. The number of hydrogen-bond acceptors (Lipinski definition) is 4. The van der Waals surface area contributed by atoms with Crippen LogP contribution in [-0.4, -0.2) is 35.6 Å². The molecular formula is C13H17BrF3NO2S. The molecule has 0 aliphatic rings. The molecule has 0 aliphatic carbocycles. The zero-order chi connectivity index (χ0) is 16.1. The highest BCUT2D eigenvalue weighted by molar-refractivity contribution is 9.10. The number of rotatable bonds is 7. The Kier molecular flexibility index (Phi) is 6.83. The fraction of sp³-hybridized carbons (Fsp3) is 0.538.